The van der Waals surface area contributed by atoms with Gasteiger partial charge in [-0.2, -0.15) is 30.6 Å². The first-order valence-electron chi connectivity index (χ1n) is 39.6. The number of ether oxygens (including phenoxy) is 3. The number of esters is 1. The van der Waals surface area contributed by atoms with Crippen molar-refractivity contribution in [3.8, 4) is 45.3 Å². The Bertz CT molecular complexity index is 5600. The predicted molar refractivity (Wildman–Crippen MR) is 462 cm³/mol. The van der Waals surface area contributed by atoms with Crippen molar-refractivity contribution < 1.29 is 68.7 Å². The standard InChI is InChI=1S/C31H37N7O3.C26H33N5O2.C23H27N5O2.C8H11ClN2O2.Na.H2O/c1-7-36-12-14-37(15-13-36)22(5)29-21(4)24(30(39)32-18-25-28(41-6)16-20(3)33-31(25)40)17-27-23(10-11-38(27)29)26-9-8-19(2)34-35-26;1-7-29-12-14-30(15-13-29)20(6)25-19(5)22(26(32)33-17(2)3)16-24-21(10-11-31(24)25)23-9-8-18(4)27-28-23;1-5-26-10-12-27(13-11-26)17(4)22-16(3)19(23(29)30)14-21-18(8-9-28(21)22)20-7-6-15(2)24-25-20;1-5-3-7(13-2)6(4-10-9)8(12)11-5;;/h8-11,16-17H,5,7,12-15,18H2,1-4,6H3,(H,32,39)(H,33,40);8-11,16-17H,6-7,12-15H2,1-5H3;6-9,14H,4-5,10-13H2,1-3H3,(H,29,30);3,10H,4H2,1-2H3,(H,11,12);;1H2/q;;;;+1;/p-1. The number of aryl methyl sites for hydroxylation is 5. The second-order valence-electron chi connectivity index (χ2n) is 29.7. The Morgan fingerprint density at radius 2 is 0.815 bits per heavy atom. The molecule has 0 aliphatic carbocycles. The first kappa shape index (κ1) is 92.0. The van der Waals surface area contributed by atoms with Crippen molar-refractivity contribution in [2.75, 3.05) is 112 Å². The Kier molecular flexibility index (Phi) is 31.9. The minimum Gasteiger partial charge on any atom is -0.870 e. The number of carboxylic acid groups (broad SMARTS) is 1. The predicted octanol–water partition coefficient (Wildman–Crippen LogP) is 8.83. The molecule has 0 aromatic carbocycles. The van der Waals surface area contributed by atoms with Gasteiger partial charge in [-0.1, -0.05) is 40.5 Å². The van der Waals surface area contributed by atoms with Crippen molar-refractivity contribution in [1.29, 1.82) is 0 Å². The molecule has 31 heteroatoms. The number of halogens is 1. The van der Waals surface area contributed by atoms with E-state index in [1.54, 1.807) is 32.0 Å². The molecule has 0 bridgehead atoms. The van der Waals surface area contributed by atoms with Crippen molar-refractivity contribution >= 4 is 63.3 Å². The third-order valence-corrected chi connectivity index (χ3v) is 22.0. The van der Waals surface area contributed by atoms with Crippen molar-refractivity contribution in [2.45, 2.75) is 109 Å². The Labute approximate surface area is 721 Å². The Morgan fingerprint density at radius 1 is 0.487 bits per heavy atom. The minimum absolute atomic E-state index is 0. The van der Waals surface area contributed by atoms with E-state index in [1.807, 2.05) is 145 Å². The molecule has 0 atom stereocenters. The van der Waals surface area contributed by atoms with Crippen molar-refractivity contribution in [3.05, 3.63) is 234 Å². The minimum atomic E-state index is -0.943. The maximum absolute atomic E-state index is 13.8. The van der Waals surface area contributed by atoms with Crippen LogP contribution in [0.3, 0.4) is 0 Å². The van der Waals surface area contributed by atoms with E-state index in [1.165, 1.54) is 14.2 Å². The number of methoxy groups -OCH3 is 2. The molecule has 14 rings (SSSR count). The van der Waals surface area contributed by atoms with Crippen LogP contribution in [-0.2, 0) is 17.8 Å². The first-order chi connectivity index (χ1) is 56.1. The number of piperazine rings is 3. The van der Waals surface area contributed by atoms with Crippen LogP contribution in [0.5, 0.6) is 11.5 Å². The molecule has 0 unspecified atom stereocenters. The van der Waals surface area contributed by atoms with Crippen LogP contribution in [0.2, 0.25) is 0 Å². The molecule has 119 heavy (non-hydrogen) atoms. The fourth-order valence-electron chi connectivity index (χ4n) is 15.2. The molecule has 14 heterocycles. The molecule has 6 N–H and O–H groups in total. The van der Waals surface area contributed by atoms with Gasteiger partial charge >= 0.3 is 41.5 Å². The summed E-state index contributed by atoms with van der Waals surface area (Å²) in [5, 5.41) is 38.5. The van der Waals surface area contributed by atoms with Gasteiger partial charge < -0.3 is 82.7 Å². The fourth-order valence-corrected chi connectivity index (χ4v) is 15.3. The summed E-state index contributed by atoms with van der Waals surface area (Å²) in [4.78, 5) is 84.8. The Morgan fingerprint density at radius 3 is 1.13 bits per heavy atom. The number of amides is 1. The van der Waals surface area contributed by atoms with E-state index in [0.717, 1.165) is 222 Å². The van der Waals surface area contributed by atoms with E-state index in [9.17, 15) is 29.1 Å². The second kappa shape index (κ2) is 41.2. The summed E-state index contributed by atoms with van der Waals surface area (Å²) in [5.41, 5.74) is 20.7. The van der Waals surface area contributed by atoms with Gasteiger partial charge in [0.1, 0.15) is 11.5 Å². The summed E-state index contributed by atoms with van der Waals surface area (Å²) in [6, 6.07) is 26.6. The maximum Gasteiger partial charge on any atom is 1.00 e. The van der Waals surface area contributed by atoms with Gasteiger partial charge in [0.05, 0.1) is 134 Å². The number of rotatable bonds is 22. The summed E-state index contributed by atoms with van der Waals surface area (Å²) in [7, 11) is 3.03. The summed E-state index contributed by atoms with van der Waals surface area (Å²) in [6.45, 7) is 53.3. The molecule has 29 nitrogen and oxygen atoms in total. The summed E-state index contributed by atoms with van der Waals surface area (Å²) < 4.78 is 22.3. The third-order valence-electron chi connectivity index (χ3n) is 21.9. The van der Waals surface area contributed by atoms with Crippen LogP contribution in [0.1, 0.15) is 139 Å². The Hall–Kier alpha value is -10.9. The van der Waals surface area contributed by atoms with Gasteiger partial charge in [0.2, 0.25) is 0 Å². The molecule has 0 spiro atoms. The van der Waals surface area contributed by atoms with E-state index >= 15 is 0 Å². The summed E-state index contributed by atoms with van der Waals surface area (Å²) >= 11 is 5.32. The van der Waals surface area contributed by atoms with Crippen LogP contribution >= 0.6 is 11.8 Å². The van der Waals surface area contributed by atoms with Gasteiger partial charge in [0.15, 0.2) is 0 Å². The van der Waals surface area contributed by atoms with Gasteiger partial charge in [-0.05, 0) is 202 Å². The summed E-state index contributed by atoms with van der Waals surface area (Å²) in [5.74, 6) is -0.571. The zero-order valence-corrected chi connectivity index (χ0v) is 74.0. The van der Waals surface area contributed by atoms with Gasteiger partial charge in [0, 0.05) is 137 Å². The van der Waals surface area contributed by atoms with Crippen LogP contribution in [0, 0.1) is 55.4 Å². The molecule has 11 aromatic heterocycles. The Balaban J connectivity index is 0.000000189. The fraction of sp³-hybridized carbons (Fsp3) is 0.375. The zero-order chi connectivity index (χ0) is 84.2. The van der Waals surface area contributed by atoms with Crippen molar-refractivity contribution in [3.63, 3.8) is 0 Å². The van der Waals surface area contributed by atoms with Crippen LogP contribution in [-0.4, -0.2) is 230 Å². The number of aromatic nitrogens is 11. The maximum atomic E-state index is 13.8. The molecular formula is C88H109ClN19NaO10. The normalized spacial score (nSPS) is 13.8. The number of carbonyl (C=O) groups is 3. The molecule has 3 aliphatic rings. The van der Waals surface area contributed by atoms with Crippen molar-refractivity contribution in [1.82, 2.24) is 93.3 Å². The van der Waals surface area contributed by atoms with Crippen LogP contribution in [0.25, 0.3) is 67.4 Å². The van der Waals surface area contributed by atoms with Crippen LogP contribution < -0.4 is 60.3 Å². The number of fused-ring (bicyclic) bond motifs is 3. The summed E-state index contributed by atoms with van der Waals surface area (Å²) in [6.07, 6.45) is 5.80. The molecule has 0 saturated carbocycles. The number of H-pyrrole nitrogens is 2. The number of aromatic amines is 2. The largest absolute Gasteiger partial charge is 1.00 e. The molecule has 11 aromatic rings. The molecule has 1 amide bonds. The molecule has 3 fully saturated rings. The van der Waals surface area contributed by atoms with Gasteiger partial charge in [0.25, 0.3) is 17.0 Å². The van der Waals surface area contributed by atoms with Crippen LogP contribution in [0.15, 0.2) is 133 Å². The molecule has 3 aliphatic heterocycles. The van der Waals surface area contributed by atoms with E-state index < -0.39 is 5.97 Å². The third kappa shape index (κ3) is 20.9. The topological polar surface area (TPSA) is 329 Å². The monoisotopic (exact) mass is 1650 g/mol. The number of likely N-dealkylation sites (N-methyl/N-ethyl adjacent to an activating group) is 3. The molecular weight excluding hydrogens is 1540 g/mol. The smallest absolute Gasteiger partial charge is 0.870 e. The number of aromatic carboxylic acids is 1. The van der Waals surface area contributed by atoms with Gasteiger partial charge in [-0.3, -0.25) is 14.4 Å². The van der Waals surface area contributed by atoms with E-state index in [0.29, 0.717) is 39.4 Å². The number of carbonyl (C=O) groups excluding carboxylic acids is 2. The van der Waals surface area contributed by atoms with E-state index in [4.69, 9.17) is 26.0 Å². The molecule has 624 valence electrons. The zero-order valence-electron chi connectivity index (χ0n) is 71.3. The average Bonchev–Trinajstić information content (AvgIpc) is 1.67. The number of nitrogens with zero attached hydrogens (tertiary/aromatic N) is 15. The average molecular weight is 1650 g/mol. The number of hydrogen-bond acceptors (Lipinski definition) is 22. The van der Waals surface area contributed by atoms with Gasteiger partial charge in [-0.15, -0.1) is 0 Å². The quantitative estimate of drug-likeness (QED) is 0.0240. The van der Waals surface area contributed by atoms with Crippen LogP contribution in [0.4, 0.5) is 0 Å². The molecule has 3 saturated heterocycles. The molecule has 0 radical (unpaired) electrons. The van der Waals surface area contributed by atoms with E-state index in [2.05, 4.69) is 129 Å². The van der Waals surface area contributed by atoms with Gasteiger partial charge in [-0.25, -0.2) is 14.4 Å². The van der Waals surface area contributed by atoms with Crippen molar-refractivity contribution in [2.24, 2.45) is 0 Å². The number of nitrogens with one attached hydrogen (secondary N) is 4. The second-order valence-corrected chi connectivity index (χ2v) is 30.0. The van der Waals surface area contributed by atoms with E-state index in [-0.39, 0.29) is 82.8 Å². The number of pyridine rings is 5. The first-order valence-corrected chi connectivity index (χ1v) is 39.9. The number of carboxylic acids is 1. The SMILES string of the molecule is C=C(c1c(C)c(C(=O)NCc2c(OC)cc(C)[nH]c2=O)cc2c(-c3ccc(C)nn3)ccn12)N1CCN(CC)CC1.C=C(c1c(C)c(C(=O)O)cc2c(-c3ccc(C)nn3)ccn12)N1CCN(CC)CC1.C=C(c1c(C)c(C(=O)OC(C)C)cc2c(-c3ccc(C)nn3)ccn12)N1CCN(CC)CC1.COc1cc(C)[nH]c(=O)c1CNCl.[Na+].[OH-]. The number of hydrogen-bond donors (Lipinski definition) is 5.